The number of rotatable bonds is 8. The highest BCUT2D eigenvalue weighted by molar-refractivity contribution is 5.83. The number of carboxylic acids is 1. The Kier molecular flexibility index (Phi) is 6.60. The molecule has 1 aliphatic heterocycles. The highest BCUT2D eigenvalue weighted by Crippen LogP contribution is 2.22. The van der Waals surface area contributed by atoms with Crippen LogP contribution in [0.4, 0.5) is 0 Å². The molecule has 1 fully saturated rings. The smallest absolute Gasteiger partial charge is 0.341 e. The second-order valence-electron chi connectivity index (χ2n) is 7.03. The molecule has 5 heteroatoms. The fraction of sp³-hybridized carbons (Fsp3) is 0.364. The van der Waals surface area contributed by atoms with Gasteiger partial charge in [-0.25, -0.2) is 4.79 Å². The first-order chi connectivity index (χ1) is 13.1. The van der Waals surface area contributed by atoms with E-state index in [0.29, 0.717) is 18.0 Å². The van der Waals surface area contributed by atoms with Crippen molar-refractivity contribution in [2.45, 2.75) is 25.8 Å². The Morgan fingerprint density at radius 2 is 1.78 bits per heavy atom. The van der Waals surface area contributed by atoms with Crippen molar-refractivity contribution in [3.8, 4) is 5.75 Å². The van der Waals surface area contributed by atoms with Crippen molar-refractivity contribution in [1.82, 2.24) is 4.90 Å². The molecule has 1 saturated heterocycles. The molecule has 0 spiro atoms. The minimum absolute atomic E-state index is 0.0946. The number of hydrogen-bond acceptors (Lipinski definition) is 4. The summed E-state index contributed by atoms with van der Waals surface area (Å²) >= 11 is 0. The highest BCUT2D eigenvalue weighted by Gasteiger charge is 2.25. The van der Waals surface area contributed by atoms with Crippen LogP contribution in [0.1, 0.15) is 24.0 Å². The molecule has 1 atom stereocenters. The zero-order chi connectivity index (χ0) is 19.1. The van der Waals surface area contributed by atoms with Crippen LogP contribution in [0.25, 0.3) is 0 Å². The van der Waals surface area contributed by atoms with Crippen LogP contribution in [0, 0.1) is 5.92 Å². The van der Waals surface area contributed by atoms with Crippen molar-refractivity contribution in [3.63, 3.8) is 0 Å². The molecule has 2 aromatic rings. The van der Waals surface area contributed by atoms with Crippen molar-refractivity contribution in [2.75, 3.05) is 19.7 Å². The lowest BCUT2D eigenvalue weighted by molar-refractivity contribution is -0.139. The van der Waals surface area contributed by atoms with E-state index in [-0.39, 0.29) is 12.5 Å². The fourth-order valence-electron chi connectivity index (χ4n) is 3.50. The summed E-state index contributed by atoms with van der Waals surface area (Å²) in [5.74, 6) is -0.0187. The molecule has 0 radical (unpaired) electrons. The van der Waals surface area contributed by atoms with Crippen LogP contribution in [0.5, 0.6) is 5.75 Å². The Morgan fingerprint density at radius 3 is 2.48 bits per heavy atom. The molecule has 1 N–H and O–H groups in total. The van der Waals surface area contributed by atoms with E-state index in [2.05, 4.69) is 4.90 Å². The van der Waals surface area contributed by atoms with Crippen LogP contribution in [-0.2, 0) is 22.6 Å². The van der Waals surface area contributed by atoms with Gasteiger partial charge in [-0.1, -0.05) is 42.5 Å². The van der Waals surface area contributed by atoms with Gasteiger partial charge in [0.25, 0.3) is 0 Å². The fourth-order valence-corrected chi connectivity index (χ4v) is 3.50. The molecular formula is C22H25NO4. The third-order valence-electron chi connectivity index (χ3n) is 4.87. The Morgan fingerprint density at radius 1 is 1.04 bits per heavy atom. The Bertz CT molecular complexity index is 758. The zero-order valence-electron chi connectivity index (χ0n) is 15.3. The number of likely N-dealkylation sites (tertiary alicyclic amines) is 1. The predicted molar refractivity (Wildman–Crippen MR) is 103 cm³/mol. The van der Waals surface area contributed by atoms with Gasteiger partial charge < -0.3 is 9.84 Å². The summed E-state index contributed by atoms with van der Waals surface area (Å²) < 4.78 is 5.16. The number of nitrogens with zero attached hydrogens (tertiary/aromatic N) is 1. The van der Waals surface area contributed by atoms with Gasteiger partial charge in [-0.3, -0.25) is 9.69 Å². The molecule has 1 aliphatic rings. The van der Waals surface area contributed by atoms with Gasteiger partial charge in [0.05, 0.1) is 0 Å². The highest BCUT2D eigenvalue weighted by atomic mass is 16.5. The Labute approximate surface area is 159 Å². The van der Waals surface area contributed by atoms with Crippen LogP contribution in [0.3, 0.4) is 0 Å². The number of hydrogen-bond donors (Lipinski definition) is 1. The third-order valence-corrected chi connectivity index (χ3v) is 4.87. The molecule has 0 aliphatic carbocycles. The van der Waals surface area contributed by atoms with Crippen LogP contribution in [0.15, 0.2) is 54.6 Å². The molecule has 0 bridgehead atoms. The quantitative estimate of drug-likeness (QED) is 0.776. The van der Waals surface area contributed by atoms with Gasteiger partial charge in [-0.2, -0.15) is 0 Å². The van der Waals surface area contributed by atoms with E-state index in [1.807, 2.05) is 42.5 Å². The number of ether oxygens (including phenoxy) is 1. The largest absolute Gasteiger partial charge is 0.482 e. The summed E-state index contributed by atoms with van der Waals surface area (Å²) in [5.41, 5.74) is 2.21. The van der Waals surface area contributed by atoms with Gasteiger partial charge in [-0.15, -0.1) is 0 Å². The van der Waals surface area contributed by atoms with E-state index in [9.17, 15) is 9.59 Å². The summed E-state index contributed by atoms with van der Waals surface area (Å²) in [6, 6.07) is 17.4. The number of benzene rings is 2. The Hall–Kier alpha value is -2.66. The van der Waals surface area contributed by atoms with Crippen molar-refractivity contribution in [2.24, 2.45) is 5.92 Å². The normalized spacial score (nSPS) is 17.4. The van der Waals surface area contributed by atoms with E-state index in [0.717, 1.165) is 43.6 Å². The number of aliphatic carboxylic acids is 1. The zero-order valence-corrected chi connectivity index (χ0v) is 15.3. The minimum Gasteiger partial charge on any atom is -0.482 e. The maximum atomic E-state index is 12.6. The number of piperidine rings is 1. The molecule has 0 amide bonds. The Balaban J connectivity index is 1.52. The van der Waals surface area contributed by atoms with Crippen molar-refractivity contribution < 1.29 is 19.4 Å². The van der Waals surface area contributed by atoms with Gasteiger partial charge in [0.2, 0.25) is 0 Å². The molecule has 0 saturated carbocycles. The monoisotopic (exact) mass is 367 g/mol. The first-order valence-corrected chi connectivity index (χ1v) is 9.32. The number of Topliss-reactive ketones (excluding diaryl/α,β-unsaturated/α-hetero) is 1. The van der Waals surface area contributed by atoms with Crippen molar-refractivity contribution in [3.05, 3.63) is 65.7 Å². The summed E-state index contributed by atoms with van der Waals surface area (Å²) in [6.45, 7) is 2.24. The van der Waals surface area contributed by atoms with Crippen LogP contribution in [0.2, 0.25) is 0 Å². The van der Waals surface area contributed by atoms with Crippen molar-refractivity contribution in [1.29, 1.82) is 0 Å². The van der Waals surface area contributed by atoms with E-state index in [1.54, 1.807) is 12.1 Å². The number of carbonyl (C=O) groups excluding carboxylic acids is 1. The van der Waals surface area contributed by atoms with Crippen molar-refractivity contribution >= 4 is 11.8 Å². The van der Waals surface area contributed by atoms with Gasteiger partial charge in [0.1, 0.15) is 11.5 Å². The predicted octanol–water partition coefficient (Wildman–Crippen LogP) is 3.17. The SMILES string of the molecule is O=C(O)COc1ccc(CN2CCC[C@H](C(=O)Cc3ccccc3)C2)cc1. The molecule has 0 unspecified atom stereocenters. The van der Waals surface area contributed by atoms with Crippen LogP contribution < -0.4 is 4.74 Å². The topological polar surface area (TPSA) is 66.8 Å². The lowest BCUT2D eigenvalue weighted by Gasteiger charge is -2.32. The molecule has 3 rings (SSSR count). The minimum atomic E-state index is -0.987. The molecule has 142 valence electrons. The maximum Gasteiger partial charge on any atom is 0.341 e. The summed E-state index contributed by atoms with van der Waals surface area (Å²) in [7, 11) is 0. The summed E-state index contributed by atoms with van der Waals surface area (Å²) in [4.78, 5) is 25.5. The van der Waals surface area contributed by atoms with Gasteiger partial charge in [0, 0.05) is 25.4 Å². The average Bonchev–Trinajstić information content (AvgIpc) is 2.68. The summed E-state index contributed by atoms with van der Waals surface area (Å²) in [5, 5.41) is 8.65. The van der Waals surface area contributed by atoms with Gasteiger partial charge in [-0.05, 0) is 42.6 Å². The lowest BCUT2D eigenvalue weighted by Crippen LogP contribution is -2.38. The number of carbonyl (C=O) groups is 2. The van der Waals surface area contributed by atoms with Gasteiger partial charge >= 0.3 is 5.97 Å². The number of carboxylic acid groups (broad SMARTS) is 1. The van der Waals surface area contributed by atoms with E-state index >= 15 is 0 Å². The molecule has 0 aromatic heterocycles. The standard InChI is InChI=1S/C22H25NO4/c24-21(13-17-5-2-1-3-6-17)19-7-4-12-23(15-19)14-18-8-10-20(11-9-18)27-16-22(25)26/h1-3,5-6,8-11,19H,4,7,12-16H2,(H,25,26)/t19-/m0/s1. The average molecular weight is 367 g/mol. The first kappa shape index (κ1) is 19.1. The molecule has 1 heterocycles. The second kappa shape index (κ2) is 9.33. The second-order valence-corrected chi connectivity index (χ2v) is 7.03. The molecule has 2 aromatic carbocycles. The lowest BCUT2D eigenvalue weighted by atomic mass is 9.90. The van der Waals surface area contributed by atoms with Crippen LogP contribution >= 0.6 is 0 Å². The summed E-state index contributed by atoms with van der Waals surface area (Å²) in [6.07, 6.45) is 2.50. The van der Waals surface area contributed by atoms with Gasteiger partial charge in [0.15, 0.2) is 6.61 Å². The van der Waals surface area contributed by atoms with E-state index in [4.69, 9.17) is 9.84 Å². The molecule has 5 nitrogen and oxygen atoms in total. The van der Waals surface area contributed by atoms with E-state index < -0.39 is 5.97 Å². The molecular weight excluding hydrogens is 342 g/mol. The first-order valence-electron chi connectivity index (χ1n) is 9.32. The third kappa shape index (κ3) is 5.93. The number of ketones is 1. The van der Waals surface area contributed by atoms with E-state index in [1.165, 1.54) is 0 Å². The molecule has 27 heavy (non-hydrogen) atoms. The maximum absolute atomic E-state index is 12.6. The van der Waals surface area contributed by atoms with Crippen LogP contribution in [-0.4, -0.2) is 41.5 Å².